The van der Waals surface area contributed by atoms with Crippen molar-refractivity contribution in [2.24, 2.45) is 0 Å². The van der Waals surface area contributed by atoms with Crippen molar-refractivity contribution in [3.63, 3.8) is 0 Å². The molecule has 0 N–H and O–H groups in total. The summed E-state index contributed by atoms with van der Waals surface area (Å²) in [5, 5.41) is 4.48. The van der Waals surface area contributed by atoms with Crippen LogP contribution >= 0.6 is 11.8 Å². The zero-order chi connectivity index (χ0) is 10.5. The first-order valence-electron chi connectivity index (χ1n) is 4.83. The minimum atomic E-state index is 0.960. The maximum absolute atomic E-state index is 4.48. The number of hydrogen-bond acceptors (Lipinski definition) is 3. The standard InChI is InChI=1S/C11H13N3S/c1-15-8-7-14-6-4-11(13-14)10-3-2-5-12-9-10/h2-6,9H,7-8H2,1H3. The zero-order valence-corrected chi connectivity index (χ0v) is 9.44. The molecule has 4 heteroatoms. The van der Waals surface area contributed by atoms with Crippen molar-refractivity contribution in [1.82, 2.24) is 14.8 Å². The molecule has 0 amide bonds. The molecular weight excluding hydrogens is 206 g/mol. The van der Waals surface area contributed by atoms with Crippen molar-refractivity contribution in [2.75, 3.05) is 12.0 Å². The highest BCUT2D eigenvalue weighted by Crippen LogP contribution is 2.14. The van der Waals surface area contributed by atoms with Crippen molar-refractivity contribution < 1.29 is 0 Å². The molecule has 0 unspecified atom stereocenters. The average molecular weight is 219 g/mol. The molecule has 15 heavy (non-hydrogen) atoms. The van der Waals surface area contributed by atoms with Gasteiger partial charge in [0.25, 0.3) is 0 Å². The van der Waals surface area contributed by atoms with E-state index < -0.39 is 0 Å². The molecule has 0 aromatic carbocycles. The summed E-state index contributed by atoms with van der Waals surface area (Å²) >= 11 is 1.83. The fourth-order valence-electron chi connectivity index (χ4n) is 1.34. The van der Waals surface area contributed by atoms with E-state index in [1.165, 1.54) is 0 Å². The Kier molecular flexibility index (Phi) is 3.40. The highest BCUT2D eigenvalue weighted by atomic mass is 32.2. The lowest BCUT2D eigenvalue weighted by Gasteiger charge is -1.98. The molecule has 0 aliphatic heterocycles. The van der Waals surface area contributed by atoms with Crippen LogP contribution in [0.1, 0.15) is 0 Å². The molecule has 0 aliphatic rings. The van der Waals surface area contributed by atoms with Gasteiger partial charge in [0.05, 0.1) is 5.69 Å². The molecule has 0 saturated carbocycles. The Labute approximate surface area is 93.5 Å². The fourth-order valence-corrected chi connectivity index (χ4v) is 1.71. The predicted molar refractivity (Wildman–Crippen MR) is 63.8 cm³/mol. The van der Waals surface area contributed by atoms with Crippen LogP contribution in [0.2, 0.25) is 0 Å². The van der Waals surface area contributed by atoms with Crippen LogP contribution in [-0.4, -0.2) is 26.8 Å². The highest BCUT2D eigenvalue weighted by Gasteiger charge is 2.01. The Morgan fingerprint density at radius 3 is 3.07 bits per heavy atom. The SMILES string of the molecule is CSCCn1ccc(-c2cccnc2)n1. The van der Waals surface area contributed by atoms with Crippen LogP contribution in [0.4, 0.5) is 0 Å². The molecule has 78 valence electrons. The van der Waals surface area contributed by atoms with Gasteiger partial charge in [-0.2, -0.15) is 16.9 Å². The number of aryl methyl sites for hydroxylation is 1. The van der Waals surface area contributed by atoms with Crippen LogP contribution in [0.3, 0.4) is 0 Å². The maximum atomic E-state index is 4.48. The number of rotatable bonds is 4. The zero-order valence-electron chi connectivity index (χ0n) is 8.63. The molecule has 2 rings (SSSR count). The van der Waals surface area contributed by atoms with Crippen LogP contribution < -0.4 is 0 Å². The summed E-state index contributed by atoms with van der Waals surface area (Å²) in [6.07, 6.45) is 7.72. The summed E-state index contributed by atoms with van der Waals surface area (Å²) in [5.41, 5.74) is 2.06. The highest BCUT2D eigenvalue weighted by molar-refractivity contribution is 7.98. The Morgan fingerprint density at radius 2 is 2.33 bits per heavy atom. The molecule has 0 spiro atoms. The van der Waals surface area contributed by atoms with E-state index >= 15 is 0 Å². The normalized spacial score (nSPS) is 10.5. The quantitative estimate of drug-likeness (QED) is 0.790. The van der Waals surface area contributed by atoms with E-state index in [-0.39, 0.29) is 0 Å². The van der Waals surface area contributed by atoms with E-state index in [9.17, 15) is 0 Å². The van der Waals surface area contributed by atoms with Crippen LogP contribution in [0, 0.1) is 0 Å². The number of thioether (sulfide) groups is 1. The number of hydrogen-bond donors (Lipinski definition) is 0. The number of aromatic nitrogens is 3. The van der Waals surface area contributed by atoms with Gasteiger partial charge in [0.1, 0.15) is 0 Å². The largest absolute Gasteiger partial charge is 0.271 e. The molecule has 0 saturated heterocycles. The van der Waals surface area contributed by atoms with Gasteiger partial charge >= 0.3 is 0 Å². The summed E-state index contributed by atoms with van der Waals surface area (Å²) in [5.74, 6) is 1.09. The van der Waals surface area contributed by atoms with Gasteiger partial charge in [-0.15, -0.1) is 0 Å². The summed E-state index contributed by atoms with van der Waals surface area (Å²) in [6.45, 7) is 0.960. The van der Waals surface area contributed by atoms with Gasteiger partial charge in [0.2, 0.25) is 0 Å². The van der Waals surface area contributed by atoms with Crippen molar-refractivity contribution in [1.29, 1.82) is 0 Å². The molecule has 0 fully saturated rings. The second-order valence-corrected chi connectivity index (χ2v) is 4.18. The van der Waals surface area contributed by atoms with Crippen molar-refractivity contribution in [3.8, 4) is 11.3 Å². The second-order valence-electron chi connectivity index (χ2n) is 3.20. The van der Waals surface area contributed by atoms with Crippen LogP contribution in [0.25, 0.3) is 11.3 Å². The molecule has 0 bridgehead atoms. The van der Waals surface area contributed by atoms with Gasteiger partial charge in [0, 0.05) is 36.5 Å². The lowest BCUT2D eigenvalue weighted by atomic mass is 10.2. The van der Waals surface area contributed by atoms with Crippen LogP contribution in [0.5, 0.6) is 0 Å². The summed E-state index contributed by atoms with van der Waals surface area (Å²) < 4.78 is 1.97. The van der Waals surface area contributed by atoms with Gasteiger partial charge < -0.3 is 0 Å². The van der Waals surface area contributed by atoms with Gasteiger partial charge in [-0.25, -0.2) is 0 Å². The minimum Gasteiger partial charge on any atom is -0.271 e. The van der Waals surface area contributed by atoms with Gasteiger partial charge in [-0.3, -0.25) is 9.67 Å². The third kappa shape index (κ3) is 2.59. The number of nitrogens with zero attached hydrogens (tertiary/aromatic N) is 3. The topological polar surface area (TPSA) is 30.7 Å². The Morgan fingerprint density at radius 1 is 1.40 bits per heavy atom. The van der Waals surface area contributed by atoms with E-state index in [4.69, 9.17) is 0 Å². The van der Waals surface area contributed by atoms with Crippen LogP contribution in [-0.2, 0) is 6.54 Å². The Bertz CT molecular complexity index is 411. The Hall–Kier alpha value is -1.29. The first kappa shape index (κ1) is 10.2. The lowest BCUT2D eigenvalue weighted by Crippen LogP contribution is -2.00. The summed E-state index contributed by atoms with van der Waals surface area (Å²) in [4.78, 5) is 4.08. The molecule has 2 aromatic heterocycles. The first-order valence-corrected chi connectivity index (χ1v) is 6.22. The summed E-state index contributed by atoms with van der Waals surface area (Å²) in [6, 6.07) is 5.97. The molecular formula is C11H13N3S. The summed E-state index contributed by atoms with van der Waals surface area (Å²) in [7, 11) is 0. The van der Waals surface area contributed by atoms with E-state index in [1.807, 2.05) is 47.0 Å². The average Bonchev–Trinajstić information content (AvgIpc) is 2.76. The van der Waals surface area contributed by atoms with Gasteiger partial charge in [-0.05, 0) is 24.5 Å². The molecule has 0 aliphatic carbocycles. The second kappa shape index (κ2) is 4.98. The van der Waals surface area contributed by atoms with E-state index in [0.29, 0.717) is 0 Å². The van der Waals surface area contributed by atoms with Crippen molar-refractivity contribution >= 4 is 11.8 Å². The molecule has 3 nitrogen and oxygen atoms in total. The van der Waals surface area contributed by atoms with Gasteiger partial charge in [-0.1, -0.05) is 0 Å². The van der Waals surface area contributed by atoms with Crippen LogP contribution in [0.15, 0.2) is 36.8 Å². The first-order chi connectivity index (χ1) is 7.40. The van der Waals surface area contributed by atoms with Gasteiger partial charge in [0.15, 0.2) is 0 Å². The smallest absolute Gasteiger partial charge is 0.0938 e. The molecule has 0 atom stereocenters. The Balaban J connectivity index is 2.14. The number of pyridine rings is 1. The van der Waals surface area contributed by atoms with E-state index in [1.54, 1.807) is 6.20 Å². The fraction of sp³-hybridized carbons (Fsp3) is 0.273. The maximum Gasteiger partial charge on any atom is 0.0938 e. The molecule has 0 radical (unpaired) electrons. The van der Waals surface area contributed by atoms with E-state index in [2.05, 4.69) is 16.3 Å². The third-order valence-electron chi connectivity index (χ3n) is 2.12. The molecule has 2 heterocycles. The van der Waals surface area contributed by atoms with Crippen molar-refractivity contribution in [2.45, 2.75) is 6.54 Å². The molecule has 2 aromatic rings. The monoisotopic (exact) mass is 219 g/mol. The minimum absolute atomic E-state index is 0.960. The lowest BCUT2D eigenvalue weighted by molar-refractivity contribution is 0.669. The third-order valence-corrected chi connectivity index (χ3v) is 2.71. The van der Waals surface area contributed by atoms with Crippen molar-refractivity contribution in [3.05, 3.63) is 36.8 Å². The predicted octanol–water partition coefficient (Wildman–Crippen LogP) is 2.31. The van der Waals surface area contributed by atoms with E-state index in [0.717, 1.165) is 23.6 Å².